The quantitative estimate of drug-likeness (QED) is 0.159. The first kappa shape index (κ1) is 36.0. The number of methoxy groups -OCH3 is 1. The molecule has 2 unspecified atom stereocenters. The summed E-state index contributed by atoms with van der Waals surface area (Å²) in [5.74, 6) is 2.73. The number of ether oxygens (including phenoxy) is 5. The zero-order chi connectivity index (χ0) is 34.4. The molecule has 3 aliphatic rings. The Bertz CT molecular complexity index is 1450. The number of hydrogen-bond donors (Lipinski definition) is 1. The van der Waals surface area contributed by atoms with Crippen LogP contribution in [0.2, 0.25) is 0 Å². The number of likely N-dealkylation sites (tertiary alicyclic amines) is 1. The summed E-state index contributed by atoms with van der Waals surface area (Å²) in [4.78, 5) is 17.4. The van der Waals surface area contributed by atoms with Gasteiger partial charge in [0.15, 0.2) is 0 Å². The van der Waals surface area contributed by atoms with Gasteiger partial charge in [-0.15, -0.1) is 0 Å². The fourth-order valence-corrected chi connectivity index (χ4v) is 7.44. The number of piperidine rings is 1. The lowest BCUT2D eigenvalue weighted by Gasteiger charge is -2.38. The maximum Gasteiger partial charge on any atom is 0.410 e. The molecule has 0 radical (unpaired) electrons. The third-order valence-corrected chi connectivity index (χ3v) is 10.3. The Labute approximate surface area is 298 Å². The molecule has 1 aliphatic carbocycles. The Hall–Kier alpha value is -3.79. The molecule has 9 heteroatoms. The molecule has 1 amide bonds. The molecule has 50 heavy (non-hydrogen) atoms. The second-order valence-electron chi connectivity index (χ2n) is 13.8. The van der Waals surface area contributed by atoms with Crippen LogP contribution in [0.5, 0.6) is 11.5 Å². The normalized spacial score (nSPS) is 19.5. The molecule has 0 aromatic heterocycles. The lowest BCUT2D eigenvalue weighted by molar-refractivity contribution is -0.0246. The lowest BCUT2D eigenvalue weighted by Crippen LogP contribution is -2.47. The van der Waals surface area contributed by atoms with Gasteiger partial charge in [0.2, 0.25) is 0 Å². The second kappa shape index (κ2) is 19.0. The van der Waals surface area contributed by atoms with Gasteiger partial charge in [-0.25, -0.2) is 4.79 Å². The highest BCUT2D eigenvalue weighted by Gasteiger charge is 2.34. The fourth-order valence-electron chi connectivity index (χ4n) is 7.44. The van der Waals surface area contributed by atoms with Crippen LogP contribution in [0.4, 0.5) is 10.5 Å². The van der Waals surface area contributed by atoms with Crippen LogP contribution in [-0.2, 0) is 27.4 Å². The topological polar surface area (TPSA) is 81.7 Å². The van der Waals surface area contributed by atoms with E-state index in [-0.39, 0.29) is 24.7 Å². The van der Waals surface area contributed by atoms with Crippen molar-refractivity contribution in [3.63, 3.8) is 0 Å². The smallest absolute Gasteiger partial charge is 0.410 e. The van der Waals surface area contributed by atoms with Crippen molar-refractivity contribution in [3.05, 3.63) is 89.5 Å². The number of amides is 1. The van der Waals surface area contributed by atoms with Gasteiger partial charge in [0, 0.05) is 39.3 Å². The Balaban J connectivity index is 1.08. The van der Waals surface area contributed by atoms with Crippen LogP contribution < -0.4 is 19.7 Å². The largest absolute Gasteiger partial charge is 0.492 e. The van der Waals surface area contributed by atoms with Crippen molar-refractivity contribution in [2.24, 2.45) is 5.92 Å². The van der Waals surface area contributed by atoms with Crippen molar-refractivity contribution in [1.82, 2.24) is 10.2 Å². The maximum absolute atomic E-state index is 13.2. The van der Waals surface area contributed by atoms with Gasteiger partial charge in [0.05, 0.1) is 31.5 Å². The Kier molecular flexibility index (Phi) is 13.7. The molecular weight excluding hydrogens is 630 g/mol. The SMILES string of the molecule is COCCCN1CCOc2ccc(COC3CN(C(=O)OCc4ccccc4)CCC3c3ccc(OCCNCC4CCCCC4)cc3)cc21. The summed E-state index contributed by atoms with van der Waals surface area (Å²) in [6.07, 6.45) is 8.07. The highest BCUT2D eigenvalue weighted by atomic mass is 16.6. The average molecular weight is 686 g/mol. The summed E-state index contributed by atoms with van der Waals surface area (Å²) in [6, 6.07) is 24.6. The molecule has 1 saturated carbocycles. The van der Waals surface area contributed by atoms with E-state index >= 15 is 0 Å². The summed E-state index contributed by atoms with van der Waals surface area (Å²) in [5, 5.41) is 3.59. The van der Waals surface area contributed by atoms with Gasteiger partial charge in [0.1, 0.15) is 31.3 Å². The van der Waals surface area contributed by atoms with Crippen molar-refractivity contribution in [1.29, 1.82) is 0 Å². The van der Waals surface area contributed by atoms with E-state index in [9.17, 15) is 4.79 Å². The van der Waals surface area contributed by atoms with E-state index in [0.29, 0.717) is 32.9 Å². The molecule has 3 aromatic rings. The third-order valence-electron chi connectivity index (χ3n) is 10.3. The van der Waals surface area contributed by atoms with E-state index in [0.717, 1.165) is 79.9 Å². The lowest BCUT2D eigenvalue weighted by atomic mass is 9.87. The van der Waals surface area contributed by atoms with Crippen molar-refractivity contribution in [3.8, 4) is 11.5 Å². The van der Waals surface area contributed by atoms with E-state index < -0.39 is 0 Å². The molecule has 1 N–H and O–H groups in total. The molecule has 2 fully saturated rings. The Morgan fingerprint density at radius 3 is 2.56 bits per heavy atom. The van der Waals surface area contributed by atoms with Crippen molar-refractivity contribution in [2.45, 2.75) is 70.2 Å². The molecule has 1 saturated heterocycles. The summed E-state index contributed by atoms with van der Waals surface area (Å²) >= 11 is 0. The number of rotatable bonds is 16. The van der Waals surface area contributed by atoms with Crippen molar-refractivity contribution in [2.75, 3.05) is 71.1 Å². The molecule has 6 rings (SSSR count). The number of benzene rings is 3. The summed E-state index contributed by atoms with van der Waals surface area (Å²) in [5.41, 5.74) is 4.34. The number of anilines is 1. The van der Waals surface area contributed by atoms with Crippen LogP contribution in [0.15, 0.2) is 72.8 Å². The van der Waals surface area contributed by atoms with Crippen LogP contribution >= 0.6 is 0 Å². The number of hydrogen-bond acceptors (Lipinski definition) is 8. The minimum atomic E-state index is -0.306. The minimum Gasteiger partial charge on any atom is -0.492 e. The highest BCUT2D eigenvalue weighted by Crippen LogP contribution is 2.35. The third kappa shape index (κ3) is 10.4. The zero-order valence-corrected chi connectivity index (χ0v) is 29.7. The first-order valence-electron chi connectivity index (χ1n) is 18.7. The molecule has 0 bridgehead atoms. The van der Waals surface area contributed by atoms with Crippen molar-refractivity contribution >= 4 is 11.8 Å². The average Bonchev–Trinajstić information content (AvgIpc) is 3.17. The van der Waals surface area contributed by atoms with E-state index in [4.69, 9.17) is 23.7 Å². The molecular formula is C41H55N3O6. The van der Waals surface area contributed by atoms with Gasteiger partial charge < -0.3 is 38.8 Å². The van der Waals surface area contributed by atoms with Crippen LogP contribution in [-0.4, -0.2) is 83.3 Å². The number of nitrogens with one attached hydrogen (secondary N) is 1. The van der Waals surface area contributed by atoms with E-state index in [2.05, 4.69) is 46.6 Å². The highest BCUT2D eigenvalue weighted by molar-refractivity contribution is 5.68. The minimum absolute atomic E-state index is 0.130. The monoisotopic (exact) mass is 685 g/mol. The van der Waals surface area contributed by atoms with Gasteiger partial charge in [-0.3, -0.25) is 0 Å². The molecule has 2 aliphatic heterocycles. The van der Waals surface area contributed by atoms with E-state index in [1.807, 2.05) is 36.4 Å². The standard InChI is InChI=1S/C41H55N3O6/c1-46-24-8-21-43-23-26-48-39-18-13-34(27-38(39)43)31-49-40-29-44(41(45)50-30-33-11-6-3-7-12-33)22-19-37(40)35-14-16-36(17-15-35)47-25-20-42-28-32-9-4-2-5-10-32/h3,6-7,11-18,27,32,37,40,42H,2,4-5,8-10,19-26,28-31H2,1H3. The predicted molar refractivity (Wildman–Crippen MR) is 196 cm³/mol. The number of carbonyl (C=O) groups is 1. The molecule has 0 spiro atoms. The second-order valence-corrected chi connectivity index (χ2v) is 13.8. The number of carbonyl (C=O) groups excluding carboxylic acids is 1. The van der Waals surface area contributed by atoms with Crippen LogP contribution in [0.1, 0.15) is 67.6 Å². The zero-order valence-electron chi connectivity index (χ0n) is 29.7. The van der Waals surface area contributed by atoms with Crippen LogP contribution in [0, 0.1) is 5.92 Å². The van der Waals surface area contributed by atoms with Gasteiger partial charge in [0.25, 0.3) is 0 Å². The van der Waals surface area contributed by atoms with Gasteiger partial charge in [-0.05, 0) is 79.1 Å². The van der Waals surface area contributed by atoms with Gasteiger partial charge >= 0.3 is 6.09 Å². The molecule has 9 nitrogen and oxygen atoms in total. The number of fused-ring (bicyclic) bond motifs is 1. The molecule has 2 heterocycles. The molecule has 2 atom stereocenters. The van der Waals surface area contributed by atoms with Gasteiger partial charge in [-0.1, -0.05) is 67.8 Å². The maximum atomic E-state index is 13.2. The van der Waals surface area contributed by atoms with Crippen molar-refractivity contribution < 1.29 is 28.5 Å². The number of nitrogens with zero attached hydrogens (tertiary/aromatic N) is 2. The molecule has 270 valence electrons. The van der Waals surface area contributed by atoms with E-state index in [1.54, 1.807) is 12.0 Å². The van der Waals surface area contributed by atoms with E-state index in [1.165, 1.54) is 37.7 Å². The van der Waals surface area contributed by atoms with Gasteiger partial charge in [-0.2, -0.15) is 0 Å². The Morgan fingerprint density at radius 2 is 1.74 bits per heavy atom. The summed E-state index contributed by atoms with van der Waals surface area (Å²) in [7, 11) is 1.74. The van der Waals surface area contributed by atoms with Crippen LogP contribution in [0.3, 0.4) is 0 Å². The fraction of sp³-hybridized carbons (Fsp3) is 0.537. The molecule has 3 aromatic carbocycles. The van der Waals surface area contributed by atoms with Crippen LogP contribution in [0.25, 0.3) is 0 Å². The Morgan fingerprint density at radius 1 is 0.900 bits per heavy atom. The predicted octanol–water partition coefficient (Wildman–Crippen LogP) is 7.18. The summed E-state index contributed by atoms with van der Waals surface area (Å²) in [6.45, 7) is 7.51. The first-order chi connectivity index (χ1) is 24.7. The first-order valence-corrected chi connectivity index (χ1v) is 18.7. The summed E-state index contributed by atoms with van der Waals surface area (Å²) < 4.78 is 29.8.